The molecule has 0 bridgehead atoms. The lowest BCUT2D eigenvalue weighted by atomic mass is 9.77. The van der Waals surface area contributed by atoms with Gasteiger partial charge in [0.25, 0.3) is 5.91 Å². The second-order valence-corrected chi connectivity index (χ2v) is 10.9. The highest BCUT2D eigenvalue weighted by molar-refractivity contribution is 7.88. The van der Waals surface area contributed by atoms with E-state index in [9.17, 15) is 22.9 Å². The average molecular weight is 474 g/mol. The number of benzene rings is 1. The van der Waals surface area contributed by atoms with E-state index in [1.807, 2.05) is 6.92 Å². The fourth-order valence-corrected chi connectivity index (χ4v) is 5.57. The largest absolute Gasteiger partial charge is 0.370 e. The summed E-state index contributed by atoms with van der Waals surface area (Å²) in [5.41, 5.74) is 1.23. The van der Waals surface area contributed by atoms with Crippen molar-refractivity contribution in [2.75, 3.05) is 50.4 Å². The molecule has 0 spiro atoms. The van der Waals surface area contributed by atoms with E-state index in [1.54, 1.807) is 11.0 Å². The smallest absolute Gasteiger partial charge is 0.257 e. The van der Waals surface area contributed by atoms with Crippen molar-refractivity contribution in [3.8, 4) is 6.07 Å². The number of fused-ring (bicyclic) bond motifs is 1. The summed E-state index contributed by atoms with van der Waals surface area (Å²) in [7, 11) is -3.31. The van der Waals surface area contributed by atoms with Crippen LogP contribution in [0.5, 0.6) is 0 Å². The normalized spacial score (nSPS) is 19.5. The van der Waals surface area contributed by atoms with Crippen molar-refractivity contribution in [2.45, 2.75) is 26.2 Å². The van der Waals surface area contributed by atoms with Gasteiger partial charge in [-0.3, -0.25) is 9.78 Å². The Balaban J connectivity index is 1.69. The molecule has 2 aromatic rings. The summed E-state index contributed by atoms with van der Waals surface area (Å²) in [6, 6.07) is 6.81. The van der Waals surface area contributed by atoms with Gasteiger partial charge in [0.1, 0.15) is 5.82 Å². The van der Waals surface area contributed by atoms with Gasteiger partial charge in [0.15, 0.2) is 0 Å². The molecule has 0 radical (unpaired) electrons. The number of amides is 1. The lowest BCUT2D eigenvalue weighted by molar-refractivity contribution is 0.0698. The number of halogens is 1. The van der Waals surface area contributed by atoms with Gasteiger partial charge in [0.05, 0.1) is 34.5 Å². The summed E-state index contributed by atoms with van der Waals surface area (Å²) in [6.07, 6.45) is 4.80. The maximum atomic E-state index is 14.2. The average Bonchev–Trinajstić information content (AvgIpc) is 2.82. The molecule has 176 valence electrons. The molecule has 0 saturated carbocycles. The van der Waals surface area contributed by atoms with E-state index in [2.05, 4.69) is 16.0 Å². The zero-order valence-corrected chi connectivity index (χ0v) is 19.7. The van der Waals surface area contributed by atoms with Crippen molar-refractivity contribution in [2.24, 2.45) is 5.41 Å². The molecule has 1 aromatic carbocycles. The zero-order valence-electron chi connectivity index (χ0n) is 18.9. The number of nitrogens with zero attached hydrogens (tertiary/aromatic N) is 5. The highest BCUT2D eigenvalue weighted by Crippen LogP contribution is 2.39. The van der Waals surface area contributed by atoms with Crippen LogP contribution in [0.3, 0.4) is 0 Å². The second kappa shape index (κ2) is 8.88. The molecular formula is C23H28FN5O3S. The van der Waals surface area contributed by atoms with Crippen molar-refractivity contribution >= 4 is 32.5 Å². The Bertz CT molecular complexity index is 1210. The van der Waals surface area contributed by atoms with Crippen LogP contribution in [-0.2, 0) is 10.0 Å². The van der Waals surface area contributed by atoms with Crippen LogP contribution < -0.4 is 4.90 Å². The third-order valence-electron chi connectivity index (χ3n) is 6.98. The van der Waals surface area contributed by atoms with Crippen LogP contribution in [-0.4, -0.2) is 74.0 Å². The van der Waals surface area contributed by atoms with E-state index in [0.717, 1.165) is 12.7 Å². The third kappa shape index (κ3) is 4.52. The number of anilines is 1. The number of hydrogen-bond donors (Lipinski definition) is 0. The fourth-order valence-electron chi connectivity index (χ4n) is 4.74. The number of carbonyl (C=O) groups is 1. The molecule has 0 N–H and O–H groups in total. The predicted octanol–water partition coefficient (Wildman–Crippen LogP) is 2.61. The van der Waals surface area contributed by atoms with E-state index in [1.165, 1.54) is 22.6 Å². The van der Waals surface area contributed by atoms with Gasteiger partial charge in [0, 0.05) is 50.9 Å². The summed E-state index contributed by atoms with van der Waals surface area (Å²) in [6.45, 7) is 4.21. The number of rotatable bonds is 4. The van der Waals surface area contributed by atoms with Gasteiger partial charge in [-0.15, -0.1) is 0 Å². The lowest BCUT2D eigenvalue weighted by Crippen LogP contribution is -2.50. The molecule has 2 aliphatic heterocycles. The van der Waals surface area contributed by atoms with Crippen LogP contribution in [0.4, 0.5) is 10.1 Å². The molecule has 33 heavy (non-hydrogen) atoms. The number of piperidine rings is 1. The van der Waals surface area contributed by atoms with Crippen LogP contribution in [0.25, 0.3) is 10.9 Å². The van der Waals surface area contributed by atoms with Crippen LogP contribution in [0, 0.1) is 22.6 Å². The first kappa shape index (κ1) is 23.4. The molecule has 2 fully saturated rings. The van der Waals surface area contributed by atoms with Gasteiger partial charge in [-0.2, -0.15) is 9.57 Å². The summed E-state index contributed by atoms with van der Waals surface area (Å²) in [5.74, 6) is -0.654. The van der Waals surface area contributed by atoms with Gasteiger partial charge < -0.3 is 9.80 Å². The minimum absolute atomic E-state index is 0.237. The Morgan fingerprint density at radius 3 is 2.42 bits per heavy atom. The van der Waals surface area contributed by atoms with Gasteiger partial charge in [-0.1, -0.05) is 6.92 Å². The zero-order chi connectivity index (χ0) is 23.8. The van der Waals surface area contributed by atoms with Crippen LogP contribution in [0.1, 0.15) is 36.5 Å². The van der Waals surface area contributed by atoms with E-state index in [-0.39, 0.29) is 37.5 Å². The highest BCUT2D eigenvalue weighted by atomic mass is 32.2. The Morgan fingerprint density at radius 1 is 1.18 bits per heavy atom. The van der Waals surface area contributed by atoms with E-state index in [4.69, 9.17) is 0 Å². The quantitative estimate of drug-likeness (QED) is 0.677. The maximum absolute atomic E-state index is 14.2. The summed E-state index contributed by atoms with van der Waals surface area (Å²) < 4.78 is 39.2. The number of pyridine rings is 1. The van der Waals surface area contributed by atoms with Gasteiger partial charge >= 0.3 is 0 Å². The molecule has 0 atom stereocenters. The lowest BCUT2D eigenvalue weighted by Gasteiger charge is -2.39. The SMILES string of the molecule is CCC1(C#N)CCN(c2c(C(=O)N3CCN(S(C)(=O)=O)CC3)cnc3ccc(F)cc23)CC1. The maximum Gasteiger partial charge on any atom is 0.257 e. The molecule has 10 heteroatoms. The standard InChI is InChI=1S/C23H28FN5O3S/c1-3-23(16-25)6-8-27(9-7-23)21-18-14-17(24)4-5-20(18)26-15-19(21)22(30)28-10-12-29(13-11-28)33(2,31)32/h4-5,14-15H,3,6-13H2,1-2H3. The van der Waals surface area contributed by atoms with Crippen molar-refractivity contribution in [1.29, 1.82) is 5.26 Å². The number of hydrogen-bond acceptors (Lipinski definition) is 6. The van der Waals surface area contributed by atoms with Crippen molar-refractivity contribution in [3.63, 3.8) is 0 Å². The summed E-state index contributed by atoms with van der Waals surface area (Å²) in [4.78, 5) is 21.6. The van der Waals surface area contributed by atoms with Crippen molar-refractivity contribution in [1.82, 2.24) is 14.2 Å². The predicted molar refractivity (Wildman–Crippen MR) is 124 cm³/mol. The Hall–Kier alpha value is -2.77. The number of piperazine rings is 1. The van der Waals surface area contributed by atoms with Crippen molar-refractivity contribution < 1.29 is 17.6 Å². The minimum atomic E-state index is -3.31. The number of carbonyl (C=O) groups excluding carboxylic acids is 1. The van der Waals surface area contributed by atoms with Crippen molar-refractivity contribution in [3.05, 3.63) is 35.8 Å². The topological polar surface area (TPSA) is 97.6 Å². The number of aromatic nitrogens is 1. The van der Waals surface area contributed by atoms with Crippen LogP contribution >= 0.6 is 0 Å². The summed E-state index contributed by atoms with van der Waals surface area (Å²) >= 11 is 0. The Labute approximate surface area is 193 Å². The van der Waals surface area contributed by atoms with Crippen LogP contribution in [0.2, 0.25) is 0 Å². The Kier molecular flexibility index (Phi) is 6.29. The van der Waals surface area contributed by atoms with Gasteiger partial charge in [-0.25, -0.2) is 12.8 Å². The molecule has 3 heterocycles. The Morgan fingerprint density at radius 2 is 1.85 bits per heavy atom. The molecule has 2 aliphatic rings. The van der Waals surface area contributed by atoms with Gasteiger partial charge in [0.2, 0.25) is 10.0 Å². The molecule has 4 rings (SSSR count). The molecule has 0 unspecified atom stereocenters. The first-order valence-corrected chi connectivity index (χ1v) is 13.0. The molecule has 8 nitrogen and oxygen atoms in total. The minimum Gasteiger partial charge on any atom is -0.370 e. The third-order valence-corrected chi connectivity index (χ3v) is 8.28. The molecular weight excluding hydrogens is 445 g/mol. The second-order valence-electron chi connectivity index (χ2n) is 8.87. The number of sulfonamides is 1. The molecule has 2 saturated heterocycles. The molecule has 0 aliphatic carbocycles. The summed E-state index contributed by atoms with van der Waals surface area (Å²) in [5, 5.41) is 10.2. The van der Waals surface area contributed by atoms with Crippen LogP contribution in [0.15, 0.2) is 24.4 Å². The molecule has 1 amide bonds. The molecule has 1 aromatic heterocycles. The fraction of sp³-hybridized carbons (Fsp3) is 0.522. The van der Waals surface area contributed by atoms with E-state index < -0.39 is 15.8 Å². The first-order chi connectivity index (χ1) is 15.7. The van der Waals surface area contributed by atoms with Gasteiger partial charge in [-0.05, 0) is 37.5 Å². The first-order valence-electron chi connectivity index (χ1n) is 11.2. The van der Waals surface area contributed by atoms with E-state index >= 15 is 0 Å². The highest BCUT2D eigenvalue weighted by Gasteiger charge is 2.36. The monoisotopic (exact) mass is 473 g/mol. The number of nitriles is 1. The van der Waals surface area contributed by atoms with E-state index in [0.29, 0.717) is 48.1 Å².